The van der Waals surface area contributed by atoms with Crippen LogP contribution in [0.3, 0.4) is 0 Å². The number of nitrogens with one attached hydrogen (secondary N) is 1. The fraction of sp³-hybridized carbons (Fsp3) is 0.400. The van der Waals surface area contributed by atoms with E-state index in [-0.39, 0.29) is 11.9 Å². The van der Waals surface area contributed by atoms with E-state index >= 15 is 0 Å². The van der Waals surface area contributed by atoms with E-state index in [9.17, 15) is 4.39 Å². The van der Waals surface area contributed by atoms with Crippen LogP contribution in [0.15, 0.2) is 18.2 Å². The van der Waals surface area contributed by atoms with Gasteiger partial charge in [-0.05, 0) is 43.1 Å². The second-order valence-electron chi connectivity index (χ2n) is 3.35. The van der Waals surface area contributed by atoms with Gasteiger partial charge in [0.2, 0.25) is 0 Å². The number of halogens is 2. The molecule has 3 heteroatoms. The van der Waals surface area contributed by atoms with E-state index in [2.05, 4.69) is 5.32 Å². The van der Waals surface area contributed by atoms with E-state index in [0.717, 1.165) is 24.9 Å². The molecule has 1 fully saturated rings. The van der Waals surface area contributed by atoms with Gasteiger partial charge in [-0.2, -0.15) is 0 Å². The first-order chi connectivity index (χ1) is 6.25. The van der Waals surface area contributed by atoms with Gasteiger partial charge in [0.05, 0.1) is 0 Å². The zero-order valence-electron chi connectivity index (χ0n) is 7.19. The van der Waals surface area contributed by atoms with Crippen LogP contribution in [0.4, 0.5) is 4.39 Å². The third-order valence-electron chi connectivity index (χ3n) is 2.35. The predicted octanol–water partition coefficient (Wildman–Crippen LogP) is 2.90. The third kappa shape index (κ3) is 2.01. The zero-order chi connectivity index (χ0) is 9.26. The first-order valence-electron chi connectivity index (χ1n) is 4.45. The highest BCUT2D eigenvalue weighted by Gasteiger charge is 2.16. The van der Waals surface area contributed by atoms with Crippen molar-refractivity contribution >= 4 is 11.6 Å². The first-order valence-corrected chi connectivity index (χ1v) is 4.83. The van der Waals surface area contributed by atoms with Crippen molar-refractivity contribution < 1.29 is 4.39 Å². The fourth-order valence-electron chi connectivity index (χ4n) is 1.75. The smallest absolute Gasteiger partial charge is 0.125 e. The SMILES string of the molecule is Fc1cc(Cl)cc([C@@H]2CCCN2)c1. The normalized spacial score (nSPS) is 22.2. The number of benzene rings is 1. The van der Waals surface area contributed by atoms with Crippen molar-refractivity contribution in [2.75, 3.05) is 6.54 Å². The lowest BCUT2D eigenvalue weighted by Gasteiger charge is -2.10. The summed E-state index contributed by atoms with van der Waals surface area (Å²) in [6.07, 6.45) is 2.22. The van der Waals surface area contributed by atoms with Gasteiger partial charge in [0.1, 0.15) is 5.82 Å². The van der Waals surface area contributed by atoms with Gasteiger partial charge < -0.3 is 5.32 Å². The average Bonchev–Trinajstić information content (AvgIpc) is 2.53. The van der Waals surface area contributed by atoms with E-state index < -0.39 is 0 Å². The molecule has 1 aromatic carbocycles. The molecule has 0 unspecified atom stereocenters. The Morgan fingerprint density at radius 1 is 1.38 bits per heavy atom. The van der Waals surface area contributed by atoms with Crippen LogP contribution in [-0.2, 0) is 0 Å². The Hall–Kier alpha value is -0.600. The van der Waals surface area contributed by atoms with Gasteiger partial charge >= 0.3 is 0 Å². The molecule has 70 valence electrons. The molecule has 0 aromatic heterocycles. The molecule has 1 aliphatic heterocycles. The molecular weight excluding hydrogens is 189 g/mol. The van der Waals surface area contributed by atoms with Crippen LogP contribution in [0, 0.1) is 5.82 Å². The van der Waals surface area contributed by atoms with E-state index in [4.69, 9.17) is 11.6 Å². The molecular formula is C10H11ClFN. The Morgan fingerprint density at radius 3 is 2.85 bits per heavy atom. The maximum absolute atomic E-state index is 13.0. The number of hydrogen-bond acceptors (Lipinski definition) is 1. The van der Waals surface area contributed by atoms with Gasteiger partial charge in [0.15, 0.2) is 0 Å². The molecule has 0 spiro atoms. The molecule has 0 bridgehead atoms. The number of hydrogen-bond donors (Lipinski definition) is 1. The molecule has 0 aliphatic carbocycles. The summed E-state index contributed by atoms with van der Waals surface area (Å²) >= 11 is 5.76. The van der Waals surface area contributed by atoms with Gasteiger partial charge in [-0.3, -0.25) is 0 Å². The van der Waals surface area contributed by atoms with Crippen LogP contribution in [0.5, 0.6) is 0 Å². The second kappa shape index (κ2) is 3.64. The predicted molar refractivity (Wildman–Crippen MR) is 51.4 cm³/mol. The summed E-state index contributed by atoms with van der Waals surface area (Å²) in [4.78, 5) is 0. The molecule has 1 heterocycles. The molecule has 1 aliphatic rings. The van der Waals surface area contributed by atoms with Crippen molar-refractivity contribution in [3.63, 3.8) is 0 Å². The Bertz CT molecular complexity index is 288. The highest BCUT2D eigenvalue weighted by Crippen LogP contribution is 2.25. The molecule has 0 radical (unpaired) electrons. The molecule has 1 saturated heterocycles. The molecule has 1 atom stereocenters. The zero-order valence-corrected chi connectivity index (χ0v) is 7.94. The van der Waals surface area contributed by atoms with E-state index in [0.29, 0.717) is 5.02 Å². The maximum Gasteiger partial charge on any atom is 0.125 e. The van der Waals surface area contributed by atoms with E-state index in [1.165, 1.54) is 6.07 Å². The lowest BCUT2D eigenvalue weighted by molar-refractivity contribution is 0.607. The molecule has 1 N–H and O–H groups in total. The van der Waals surface area contributed by atoms with Crippen LogP contribution in [0.2, 0.25) is 5.02 Å². The maximum atomic E-state index is 13.0. The minimum absolute atomic E-state index is 0.254. The summed E-state index contributed by atoms with van der Waals surface area (Å²) in [7, 11) is 0. The molecule has 2 rings (SSSR count). The standard InChI is InChI=1S/C10H11ClFN/c11-8-4-7(5-9(12)6-8)10-2-1-3-13-10/h4-6,10,13H,1-3H2/t10-/m0/s1. The van der Waals surface area contributed by atoms with Crippen molar-refractivity contribution in [3.8, 4) is 0 Å². The fourth-order valence-corrected chi connectivity index (χ4v) is 1.98. The van der Waals surface area contributed by atoms with Gasteiger partial charge in [0.25, 0.3) is 0 Å². The Labute approximate surface area is 81.9 Å². The van der Waals surface area contributed by atoms with Gasteiger partial charge in [0, 0.05) is 11.1 Å². The molecule has 1 nitrogen and oxygen atoms in total. The topological polar surface area (TPSA) is 12.0 Å². The van der Waals surface area contributed by atoms with Crippen molar-refractivity contribution in [1.29, 1.82) is 0 Å². The lowest BCUT2D eigenvalue weighted by atomic mass is 10.1. The lowest BCUT2D eigenvalue weighted by Crippen LogP contribution is -2.12. The Morgan fingerprint density at radius 2 is 2.23 bits per heavy atom. The summed E-state index contributed by atoms with van der Waals surface area (Å²) in [6, 6.07) is 5.00. The van der Waals surface area contributed by atoms with Crippen LogP contribution < -0.4 is 5.32 Å². The summed E-state index contributed by atoms with van der Waals surface area (Å²) < 4.78 is 13.0. The molecule has 0 saturated carbocycles. The highest BCUT2D eigenvalue weighted by atomic mass is 35.5. The largest absolute Gasteiger partial charge is 0.310 e. The van der Waals surface area contributed by atoms with Crippen LogP contribution in [0.1, 0.15) is 24.4 Å². The first kappa shape index (κ1) is 8.97. The molecule has 13 heavy (non-hydrogen) atoms. The van der Waals surface area contributed by atoms with E-state index in [1.807, 2.05) is 6.07 Å². The van der Waals surface area contributed by atoms with Gasteiger partial charge in [-0.15, -0.1) is 0 Å². The van der Waals surface area contributed by atoms with Crippen molar-refractivity contribution in [1.82, 2.24) is 5.32 Å². The van der Waals surface area contributed by atoms with Crippen LogP contribution in [0.25, 0.3) is 0 Å². The van der Waals surface area contributed by atoms with E-state index in [1.54, 1.807) is 6.07 Å². The van der Waals surface area contributed by atoms with Crippen molar-refractivity contribution in [2.45, 2.75) is 18.9 Å². The highest BCUT2D eigenvalue weighted by molar-refractivity contribution is 6.30. The molecule has 1 aromatic rings. The second-order valence-corrected chi connectivity index (χ2v) is 3.79. The van der Waals surface area contributed by atoms with Crippen LogP contribution >= 0.6 is 11.6 Å². The Kier molecular flexibility index (Phi) is 2.51. The van der Waals surface area contributed by atoms with Crippen molar-refractivity contribution in [2.24, 2.45) is 0 Å². The minimum Gasteiger partial charge on any atom is -0.310 e. The summed E-state index contributed by atoms with van der Waals surface area (Å²) in [5.41, 5.74) is 0.961. The summed E-state index contributed by atoms with van der Waals surface area (Å²) in [6.45, 7) is 1.01. The number of rotatable bonds is 1. The minimum atomic E-state index is -0.254. The van der Waals surface area contributed by atoms with Gasteiger partial charge in [-0.25, -0.2) is 4.39 Å². The Balaban J connectivity index is 2.28. The summed E-state index contributed by atoms with van der Waals surface area (Å²) in [5, 5.41) is 3.78. The molecule has 0 amide bonds. The van der Waals surface area contributed by atoms with Gasteiger partial charge in [-0.1, -0.05) is 11.6 Å². The van der Waals surface area contributed by atoms with Crippen molar-refractivity contribution in [3.05, 3.63) is 34.6 Å². The monoisotopic (exact) mass is 199 g/mol. The summed E-state index contributed by atoms with van der Waals surface area (Å²) in [5.74, 6) is -0.254. The average molecular weight is 200 g/mol. The third-order valence-corrected chi connectivity index (χ3v) is 2.57. The quantitative estimate of drug-likeness (QED) is 0.734. The van der Waals surface area contributed by atoms with Crippen LogP contribution in [-0.4, -0.2) is 6.54 Å².